The first-order valence-corrected chi connectivity index (χ1v) is 6.22. The summed E-state index contributed by atoms with van der Waals surface area (Å²) in [6.45, 7) is 10.2. The van der Waals surface area contributed by atoms with Crippen molar-refractivity contribution in [2.45, 2.75) is 31.9 Å². The first-order chi connectivity index (χ1) is 8.12. The average molecular weight is 231 g/mol. The van der Waals surface area contributed by atoms with Gasteiger partial charge in [0.2, 0.25) is 0 Å². The van der Waals surface area contributed by atoms with E-state index >= 15 is 0 Å². The van der Waals surface area contributed by atoms with Crippen LogP contribution < -0.4 is 5.32 Å². The minimum atomic E-state index is 0.0811. The maximum Gasteiger partial charge on any atom is 0.0726 e. The average Bonchev–Trinajstić information content (AvgIpc) is 2.68. The molecule has 1 aromatic rings. The summed E-state index contributed by atoms with van der Waals surface area (Å²) in [7, 11) is 0. The van der Waals surface area contributed by atoms with Gasteiger partial charge in [0.15, 0.2) is 0 Å². The predicted molar refractivity (Wildman–Crippen MR) is 71.9 cm³/mol. The summed E-state index contributed by atoms with van der Waals surface area (Å²) in [5, 5.41) is 3.58. The Labute approximate surface area is 104 Å². The van der Waals surface area contributed by atoms with Crippen LogP contribution in [0.4, 0.5) is 0 Å². The lowest BCUT2D eigenvalue weighted by atomic mass is 9.94. The van der Waals surface area contributed by atoms with Crippen molar-refractivity contribution in [1.82, 2.24) is 5.32 Å². The molecule has 0 bridgehead atoms. The predicted octanol–water partition coefficient (Wildman–Crippen LogP) is 2.86. The van der Waals surface area contributed by atoms with Crippen LogP contribution in [0.2, 0.25) is 0 Å². The second-order valence-corrected chi connectivity index (χ2v) is 5.00. The molecule has 0 amide bonds. The zero-order chi connectivity index (χ0) is 12.3. The molecule has 2 rings (SSSR count). The Morgan fingerprint density at radius 2 is 2.18 bits per heavy atom. The van der Waals surface area contributed by atoms with Gasteiger partial charge in [0.25, 0.3) is 0 Å². The van der Waals surface area contributed by atoms with Gasteiger partial charge in [-0.1, -0.05) is 36.9 Å². The molecule has 2 unspecified atom stereocenters. The van der Waals surface area contributed by atoms with Gasteiger partial charge in [0.1, 0.15) is 0 Å². The Kier molecular flexibility index (Phi) is 3.65. The van der Waals surface area contributed by atoms with Gasteiger partial charge in [-0.3, -0.25) is 0 Å². The molecule has 0 radical (unpaired) electrons. The molecule has 1 aromatic carbocycles. The third-order valence-corrected chi connectivity index (χ3v) is 3.77. The van der Waals surface area contributed by atoms with Gasteiger partial charge in [-0.15, -0.1) is 0 Å². The van der Waals surface area contributed by atoms with Gasteiger partial charge in [0, 0.05) is 18.7 Å². The molecule has 0 aliphatic carbocycles. The van der Waals surface area contributed by atoms with Gasteiger partial charge in [-0.25, -0.2) is 0 Å². The quantitative estimate of drug-likeness (QED) is 0.860. The van der Waals surface area contributed by atoms with Crippen LogP contribution in [0.1, 0.15) is 25.8 Å². The van der Waals surface area contributed by atoms with E-state index in [2.05, 4.69) is 37.9 Å². The molecule has 1 N–H and O–H groups in total. The Morgan fingerprint density at radius 3 is 2.76 bits per heavy atom. The summed E-state index contributed by atoms with van der Waals surface area (Å²) in [4.78, 5) is 0. The van der Waals surface area contributed by atoms with Gasteiger partial charge in [-0.05, 0) is 31.4 Å². The summed E-state index contributed by atoms with van der Waals surface area (Å²) in [5.74, 6) is 0. The van der Waals surface area contributed by atoms with E-state index in [4.69, 9.17) is 4.74 Å². The molecule has 1 heterocycles. The largest absolute Gasteiger partial charge is 0.377 e. The van der Waals surface area contributed by atoms with E-state index < -0.39 is 0 Å². The molecule has 1 aliphatic heterocycles. The van der Waals surface area contributed by atoms with Crippen LogP contribution >= 0.6 is 0 Å². The fourth-order valence-corrected chi connectivity index (χ4v) is 2.15. The molecule has 0 saturated carbocycles. The Balaban J connectivity index is 1.93. The Morgan fingerprint density at radius 1 is 1.47 bits per heavy atom. The second-order valence-electron chi connectivity index (χ2n) is 5.00. The van der Waals surface area contributed by atoms with E-state index in [1.165, 1.54) is 5.56 Å². The van der Waals surface area contributed by atoms with E-state index in [1.807, 2.05) is 18.2 Å². The van der Waals surface area contributed by atoms with Crippen LogP contribution in [0.3, 0.4) is 0 Å². The summed E-state index contributed by atoms with van der Waals surface area (Å²) in [6.07, 6.45) is 1.34. The maximum absolute atomic E-state index is 5.61. The zero-order valence-electron chi connectivity index (χ0n) is 10.7. The van der Waals surface area contributed by atoms with Gasteiger partial charge >= 0.3 is 0 Å². The van der Waals surface area contributed by atoms with Crippen LogP contribution in [0.5, 0.6) is 0 Å². The Hall–Kier alpha value is -1.12. The van der Waals surface area contributed by atoms with Gasteiger partial charge in [-0.2, -0.15) is 0 Å². The highest BCUT2D eigenvalue weighted by Crippen LogP contribution is 2.25. The second kappa shape index (κ2) is 5.03. The normalized spacial score (nSPS) is 28.2. The van der Waals surface area contributed by atoms with Crippen molar-refractivity contribution in [3.05, 3.63) is 42.5 Å². The zero-order valence-corrected chi connectivity index (χ0v) is 10.7. The van der Waals surface area contributed by atoms with Crippen molar-refractivity contribution in [2.24, 2.45) is 0 Å². The van der Waals surface area contributed by atoms with Gasteiger partial charge in [0.05, 0.1) is 6.10 Å². The fourth-order valence-electron chi connectivity index (χ4n) is 2.15. The molecule has 17 heavy (non-hydrogen) atoms. The van der Waals surface area contributed by atoms with Gasteiger partial charge < -0.3 is 10.1 Å². The number of benzene rings is 1. The third-order valence-electron chi connectivity index (χ3n) is 3.77. The van der Waals surface area contributed by atoms with Crippen LogP contribution in [0.15, 0.2) is 36.9 Å². The fraction of sp³-hybridized carbons (Fsp3) is 0.467. The molecule has 1 fully saturated rings. The highest BCUT2D eigenvalue weighted by Gasteiger charge is 2.36. The van der Waals surface area contributed by atoms with Crippen LogP contribution in [0.25, 0.3) is 5.57 Å². The number of ether oxygens (including phenoxy) is 1. The minimum absolute atomic E-state index is 0.0811. The van der Waals surface area contributed by atoms with Crippen LogP contribution in [-0.2, 0) is 4.74 Å². The monoisotopic (exact) mass is 231 g/mol. The molecule has 1 saturated heterocycles. The van der Waals surface area contributed by atoms with Crippen molar-refractivity contribution in [1.29, 1.82) is 0 Å². The third kappa shape index (κ3) is 2.76. The maximum atomic E-state index is 5.61. The van der Waals surface area contributed by atoms with Crippen molar-refractivity contribution >= 4 is 5.57 Å². The standard InChI is InChI=1S/C15H21NO/c1-12(14-7-5-4-6-8-14)11-16-15(3)9-10-17-13(15)2/h4-8,13,16H,1,9-11H2,2-3H3. The van der Waals surface area contributed by atoms with Crippen LogP contribution in [-0.4, -0.2) is 24.8 Å². The lowest BCUT2D eigenvalue weighted by Crippen LogP contribution is -2.48. The number of nitrogens with one attached hydrogen (secondary N) is 1. The highest BCUT2D eigenvalue weighted by molar-refractivity contribution is 5.64. The SMILES string of the molecule is C=C(CNC1(C)CCOC1C)c1ccccc1. The topological polar surface area (TPSA) is 21.3 Å². The molecule has 92 valence electrons. The summed E-state index contributed by atoms with van der Waals surface area (Å²) >= 11 is 0. The lowest BCUT2D eigenvalue weighted by molar-refractivity contribution is 0.0902. The smallest absolute Gasteiger partial charge is 0.0726 e. The lowest BCUT2D eigenvalue weighted by Gasteiger charge is -2.29. The van der Waals surface area contributed by atoms with E-state index in [0.29, 0.717) is 0 Å². The summed E-state index contributed by atoms with van der Waals surface area (Å²) in [5.41, 5.74) is 2.42. The molecule has 1 aliphatic rings. The first-order valence-electron chi connectivity index (χ1n) is 6.22. The van der Waals surface area contributed by atoms with E-state index in [9.17, 15) is 0 Å². The highest BCUT2D eigenvalue weighted by atomic mass is 16.5. The van der Waals surface area contributed by atoms with Crippen LogP contribution in [0, 0.1) is 0 Å². The molecule has 0 aromatic heterocycles. The molecule has 2 nitrogen and oxygen atoms in total. The van der Waals surface area contributed by atoms with Crippen molar-refractivity contribution in [3.63, 3.8) is 0 Å². The van der Waals surface area contributed by atoms with E-state index in [-0.39, 0.29) is 11.6 Å². The molecular weight excluding hydrogens is 210 g/mol. The Bertz CT molecular complexity index is 387. The minimum Gasteiger partial charge on any atom is -0.377 e. The van der Waals surface area contributed by atoms with Crippen molar-refractivity contribution in [3.8, 4) is 0 Å². The number of hydrogen-bond acceptors (Lipinski definition) is 2. The summed E-state index contributed by atoms with van der Waals surface area (Å²) < 4.78 is 5.61. The summed E-state index contributed by atoms with van der Waals surface area (Å²) in [6, 6.07) is 10.3. The number of rotatable bonds is 4. The van der Waals surface area contributed by atoms with Crippen molar-refractivity contribution < 1.29 is 4.74 Å². The van der Waals surface area contributed by atoms with Crippen molar-refractivity contribution in [2.75, 3.05) is 13.2 Å². The molecular formula is C15H21NO. The molecule has 2 atom stereocenters. The molecule has 2 heteroatoms. The molecule has 0 spiro atoms. The first kappa shape index (κ1) is 12.3. The number of hydrogen-bond donors (Lipinski definition) is 1. The van der Waals surface area contributed by atoms with E-state index in [1.54, 1.807) is 0 Å². The van der Waals surface area contributed by atoms with E-state index in [0.717, 1.165) is 25.1 Å².